The first kappa shape index (κ1) is 17.7. The van der Waals surface area contributed by atoms with Crippen molar-refractivity contribution in [3.05, 3.63) is 84.7 Å². The fourth-order valence-corrected chi connectivity index (χ4v) is 3.04. The number of hydrazine groups is 1. The molecule has 1 amide bonds. The zero-order valence-electron chi connectivity index (χ0n) is 15.8. The first-order chi connectivity index (χ1) is 13.6. The van der Waals surface area contributed by atoms with Crippen LogP contribution >= 0.6 is 0 Å². The van der Waals surface area contributed by atoms with Crippen molar-refractivity contribution in [2.45, 2.75) is 19.9 Å². The van der Waals surface area contributed by atoms with Gasteiger partial charge in [0.15, 0.2) is 5.65 Å². The summed E-state index contributed by atoms with van der Waals surface area (Å²) >= 11 is 0. The Morgan fingerprint density at radius 2 is 1.57 bits per heavy atom. The van der Waals surface area contributed by atoms with Gasteiger partial charge in [-0.05, 0) is 44.2 Å². The molecule has 28 heavy (non-hydrogen) atoms. The van der Waals surface area contributed by atoms with Gasteiger partial charge in [0.1, 0.15) is 0 Å². The van der Waals surface area contributed by atoms with Crippen LogP contribution in [0.4, 0.5) is 11.4 Å². The Kier molecular flexibility index (Phi) is 4.76. The molecular weight excluding hydrogens is 350 g/mol. The molecule has 0 saturated heterocycles. The molecule has 4 rings (SSSR count). The van der Waals surface area contributed by atoms with E-state index in [1.807, 2.05) is 85.3 Å². The minimum absolute atomic E-state index is 0.205. The Balaban J connectivity index is 1.65. The average molecular weight is 371 g/mol. The Bertz CT molecular complexity index is 1050. The lowest BCUT2D eigenvalue weighted by Gasteiger charge is -2.25. The lowest BCUT2D eigenvalue weighted by atomic mass is 10.2. The summed E-state index contributed by atoms with van der Waals surface area (Å²) in [6.45, 7) is 4.10. The summed E-state index contributed by atoms with van der Waals surface area (Å²) < 4.78 is 1.84. The predicted molar refractivity (Wildman–Crippen MR) is 110 cm³/mol. The van der Waals surface area contributed by atoms with Crippen LogP contribution in [-0.4, -0.2) is 20.7 Å². The van der Waals surface area contributed by atoms with Gasteiger partial charge < -0.3 is 0 Å². The van der Waals surface area contributed by atoms with Crippen molar-refractivity contribution in [1.29, 1.82) is 0 Å². The van der Waals surface area contributed by atoms with Gasteiger partial charge in [-0.25, -0.2) is 9.67 Å². The summed E-state index contributed by atoms with van der Waals surface area (Å²) in [6, 6.07) is 21.4. The average Bonchev–Trinajstić information content (AvgIpc) is 3.16. The number of anilines is 2. The Hall–Kier alpha value is -3.67. The van der Waals surface area contributed by atoms with Gasteiger partial charge in [-0.15, -0.1) is 0 Å². The third kappa shape index (κ3) is 3.44. The Morgan fingerprint density at radius 1 is 0.964 bits per heavy atom. The zero-order valence-corrected chi connectivity index (χ0v) is 15.8. The van der Waals surface area contributed by atoms with E-state index in [2.05, 4.69) is 15.5 Å². The fourth-order valence-electron chi connectivity index (χ4n) is 3.04. The molecule has 0 aliphatic rings. The monoisotopic (exact) mass is 371 g/mol. The molecule has 0 aliphatic carbocycles. The second-order valence-electron chi connectivity index (χ2n) is 6.77. The molecule has 6 nitrogen and oxygen atoms in total. The molecule has 0 unspecified atom stereocenters. The SMILES string of the molecule is CC(C)n1ncc2cc(C(=O)NN(c3ccccc3)c3ccccc3)cnc21. The highest BCUT2D eigenvalue weighted by atomic mass is 16.2. The summed E-state index contributed by atoms with van der Waals surface area (Å²) in [5.74, 6) is -0.237. The van der Waals surface area contributed by atoms with E-state index in [1.54, 1.807) is 17.4 Å². The summed E-state index contributed by atoms with van der Waals surface area (Å²) in [4.78, 5) is 17.4. The van der Waals surface area contributed by atoms with Crippen molar-refractivity contribution in [3.63, 3.8) is 0 Å². The fraction of sp³-hybridized carbons (Fsp3) is 0.136. The minimum Gasteiger partial charge on any atom is -0.267 e. The molecule has 2 aromatic carbocycles. The van der Waals surface area contributed by atoms with Gasteiger partial charge >= 0.3 is 0 Å². The number of amides is 1. The molecular formula is C22H21N5O. The minimum atomic E-state index is -0.237. The van der Waals surface area contributed by atoms with E-state index in [4.69, 9.17) is 0 Å². The number of carbonyl (C=O) groups is 1. The number of nitrogens with one attached hydrogen (secondary N) is 1. The molecule has 0 spiro atoms. The van der Waals surface area contributed by atoms with E-state index in [9.17, 15) is 4.79 Å². The van der Waals surface area contributed by atoms with Crippen LogP contribution in [0.25, 0.3) is 11.0 Å². The number of rotatable bonds is 5. The van der Waals surface area contributed by atoms with E-state index in [1.165, 1.54) is 0 Å². The van der Waals surface area contributed by atoms with Gasteiger partial charge in [0, 0.05) is 17.6 Å². The highest BCUT2D eigenvalue weighted by molar-refractivity contribution is 5.98. The normalized spacial score (nSPS) is 11.0. The maximum atomic E-state index is 13.0. The van der Waals surface area contributed by atoms with Crippen molar-refractivity contribution < 1.29 is 4.79 Å². The predicted octanol–water partition coefficient (Wildman–Crippen LogP) is 4.50. The summed E-state index contributed by atoms with van der Waals surface area (Å²) in [5.41, 5.74) is 5.97. The number of hydrogen-bond donors (Lipinski definition) is 1. The first-order valence-electron chi connectivity index (χ1n) is 9.18. The summed E-state index contributed by atoms with van der Waals surface area (Å²) in [7, 11) is 0. The topological polar surface area (TPSA) is 63.1 Å². The van der Waals surface area contributed by atoms with Crippen LogP contribution < -0.4 is 10.4 Å². The van der Waals surface area contributed by atoms with Crippen LogP contribution in [0, 0.1) is 0 Å². The smallest absolute Gasteiger partial charge is 0.267 e. The van der Waals surface area contributed by atoms with Crippen LogP contribution in [-0.2, 0) is 0 Å². The van der Waals surface area contributed by atoms with Crippen molar-refractivity contribution >= 4 is 28.3 Å². The maximum absolute atomic E-state index is 13.0. The first-order valence-corrected chi connectivity index (χ1v) is 9.18. The molecule has 4 aromatic rings. The zero-order chi connectivity index (χ0) is 19.5. The number of carbonyl (C=O) groups excluding carboxylic acids is 1. The van der Waals surface area contributed by atoms with Crippen LogP contribution in [0.1, 0.15) is 30.2 Å². The van der Waals surface area contributed by atoms with Gasteiger partial charge in [-0.2, -0.15) is 5.10 Å². The van der Waals surface area contributed by atoms with Gasteiger partial charge in [-0.1, -0.05) is 36.4 Å². The number of hydrogen-bond acceptors (Lipinski definition) is 4. The van der Waals surface area contributed by atoms with Crippen LogP contribution in [0.5, 0.6) is 0 Å². The van der Waals surface area contributed by atoms with Gasteiger partial charge in [-0.3, -0.25) is 15.2 Å². The van der Waals surface area contributed by atoms with Crippen LogP contribution in [0.3, 0.4) is 0 Å². The number of fused-ring (bicyclic) bond motifs is 1. The molecule has 2 aromatic heterocycles. The van der Waals surface area contributed by atoms with Crippen molar-refractivity contribution in [2.75, 3.05) is 5.01 Å². The van der Waals surface area contributed by atoms with E-state index in [0.717, 1.165) is 22.4 Å². The van der Waals surface area contributed by atoms with Gasteiger partial charge in [0.05, 0.1) is 23.1 Å². The number of benzene rings is 2. The van der Waals surface area contributed by atoms with Gasteiger partial charge in [0.25, 0.3) is 5.91 Å². The third-order valence-corrected chi connectivity index (χ3v) is 4.43. The number of pyridine rings is 1. The molecule has 0 bridgehead atoms. The Labute approximate surface area is 163 Å². The molecule has 140 valence electrons. The molecule has 0 radical (unpaired) electrons. The van der Waals surface area contributed by atoms with E-state index >= 15 is 0 Å². The van der Waals surface area contributed by atoms with Crippen LogP contribution in [0.2, 0.25) is 0 Å². The largest absolute Gasteiger partial charge is 0.271 e. The number of para-hydroxylation sites is 2. The van der Waals surface area contributed by atoms with Gasteiger partial charge in [0.2, 0.25) is 0 Å². The molecule has 0 aliphatic heterocycles. The third-order valence-electron chi connectivity index (χ3n) is 4.43. The lowest BCUT2D eigenvalue weighted by Crippen LogP contribution is -2.39. The van der Waals surface area contributed by atoms with Crippen molar-refractivity contribution in [2.24, 2.45) is 0 Å². The highest BCUT2D eigenvalue weighted by Crippen LogP contribution is 2.23. The molecule has 0 fully saturated rings. The number of nitrogens with zero attached hydrogens (tertiary/aromatic N) is 4. The quantitative estimate of drug-likeness (QED) is 0.525. The molecule has 2 heterocycles. The lowest BCUT2D eigenvalue weighted by molar-refractivity contribution is 0.0953. The van der Waals surface area contributed by atoms with E-state index in [0.29, 0.717) is 5.56 Å². The molecule has 6 heteroatoms. The highest BCUT2D eigenvalue weighted by Gasteiger charge is 2.16. The molecule has 0 atom stereocenters. The number of aromatic nitrogens is 3. The van der Waals surface area contributed by atoms with Crippen LogP contribution in [0.15, 0.2) is 79.1 Å². The van der Waals surface area contributed by atoms with Crippen molar-refractivity contribution in [1.82, 2.24) is 20.2 Å². The second kappa shape index (κ2) is 7.52. The van der Waals surface area contributed by atoms with E-state index < -0.39 is 0 Å². The summed E-state index contributed by atoms with van der Waals surface area (Å²) in [5, 5.41) is 6.97. The Morgan fingerprint density at radius 3 is 2.14 bits per heavy atom. The molecule has 1 N–H and O–H groups in total. The maximum Gasteiger partial charge on any atom is 0.271 e. The summed E-state index contributed by atoms with van der Waals surface area (Å²) in [6.07, 6.45) is 3.33. The standard InChI is InChI=1S/C22H21N5O/c1-16(2)26-21-17(15-24-26)13-18(14-23-21)22(28)25-27(19-9-5-3-6-10-19)20-11-7-4-8-12-20/h3-16H,1-2H3,(H,25,28). The van der Waals surface area contributed by atoms with Crippen molar-refractivity contribution in [3.8, 4) is 0 Å². The molecule has 0 saturated carbocycles. The second-order valence-corrected chi connectivity index (χ2v) is 6.77. The van der Waals surface area contributed by atoms with E-state index in [-0.39, 0.29) is 11.9 Å².